The zero-order chi connectivity index (χ0) is 12.1. The molecule has 0 amide bonds. The maximum atomic E-state index is 6.23. The third kappa shape index (κ3) is 4.19. The van der Waals surface area contributed by atoms with Gasteiger partial charge >= 0.3 is 0 Å². The molecule has 3 heteroatoms. The third-order valence-electron chi connectivity index (χ3n) is 2.80. The molecular formula is C13H19Br2N. The summed E-state index contributed by atoms with van der Waals surface area (Å²) in [6, 6.07) is 6.32. The zero-order valence-electron chi connectivity index (χ0n) is 9.84. The number of hydrogen-bond acceptors (Lipinski definition) is 1. The van der Waals surface area contributed by atoms with Crippen molar-refractivity contribution in [1.29, 1.82) is 0 Å². The highest BCUT2D eigenvalue weighted by Gasteiger charge is 2.13. The Bertz CT molecular complexity index is 339. The molecule has 2 atom stereocenters. The van der Waals surface area contributed by atoms with Crippen molar-refractivity contribution in [3.8, 4) is 0 Å². The van der Waals surface area contributed by atoms with Crippen LogP contribution in [0.25, 0.3) is 0 Å². The zero-order valence-corrected chi connectivity index (χ0v) is 13.0. The highest BCUT2D eigenvalue weighted by molar-refractivity contribution is 9.11. The van der Waals surface area contributed by atoms with Gasteiger partial charge in [0.15, 0.2) is 0 Å². The van der Waals surface area contributed by atoms with E-state index in [1.807, 2.05) is 6.07 Å². The Morgan fingerprint density at radius 2 is 2.00 bits per heavy atom. The average molecular weight is 349 g/mol. The molecule has 0 fully saturated rings. The van der Waals surface area contributed by atoms with Gasteiger partial charge in [-0.25, -0.2) is 0 Å². The standard InChI is InChI=1S/C13H19Br2N/c1-3-4-9(2)7-13(16)11-6-5-10(14)8-12(11)15/h5-6,8-9,13H,3-4,7,16H2,1-2H3. The molecule has 1 aromatic rings. The van der Waals surface area contributed by atoms with Gasteiger partial charge in [0.1, 0.15) is 0 Å². The predicted molar refractivity (Wildman–Crippen MR) is 77.5 cm³/mol. The molecule has 0 radical (unpaired) electrons. The summed E-state index contributed by atoms with van der Waals surface area (Å²) < 4.78 is 2.18. The summed E-state index contributed by atoms with van der Waals surface area (Å²) in [5.74, 6) is 0.690. The normalized spacial score (nSPS) is 14.8. The lowest BCUT2D eigenvalue weighted by atomic mass is 9.94. The molecule has 90 valence electrons. The molecule has 1 nitrogen and oxygen atoms in total. The maximum Gasteiger partial charge on any atom is 0.0308 e. The fourth-order valence-electron chi connectivity index (χ4n) is 1.97. The Balaban J connectivity index is 2.69. The van der Waals surface area contributed by atoms with Gasteiger partial charge in [-0.3, -0.25) is 0 Å². The van der Waals surface area contributed by atoms with Crippen molar-refractivity contribution in [2.75, 3.05) is 0 Å². The van der Waals surface area contributed by atoms with Crippen LogP contribution < -0.4 is 5.73 Å². The van der Waals surface area contributed by atoms with Gasteiger partial charge in [0, 0.05) is 15.0 Å². The Morgan fingerprint density at radius 1 is 1.31 bits per heavy atom. The number of rotatable bonds is 5. The van der Waals surface area contributed by atoms with Gasteiger partial charge in [0.05, 0.1) is 0 Å². The van der Waals surface area contributed by atoms with Crippen LogP contribution in [0.5, 0.6) is 0 Å². The molecule has 0 saturated heterocycles. The molecule has 16 heavy (non-hydrogen) atoms. The lowest BCUT2D eigenvalue weighted by Crippen LogP contribution is -2.14. The van der Waals surface area contributed by atoms with E-state index in [-0.39, 0.29) is 6.04 Å². The first-order valence-corrected chi connectivity index (χ1v) is 7.33. The molecule has 0 aliphatic carbocycles. The Labute approximate surface area is 115 Å². The molecule has 1 rings (SSSR count). The topological polar surface area (TPSA) is 26.0 Å². The summed E-state index contributed by atoms with van der Waals surface area (Å²) in [7, 11) is 0. The molecule has 0 aromatic heterocycles. The summed E-state index contributed by atoms with van der Waals surface area (Å²) >= 11 is 7.02. The van der Waals surface area contributed by atoms with E-state index in [2.05, 4.69) is 57.8 Å². The average Bonchev–Trinajstić information content (AvgIpc) is 2.17. The van der Waals surface area contributed by atoms with E-state index in [0.717, 1.165) is 15.4 Å². The molecule has 2 unspecified atom stereocenters. The van der Waals surface area contributed by atoms with E-state index in [4.69, 9.17) is 5.73 Å². The van der Waals surface area contributed by atoms with E-state index in [0.29, 0.717) is 5.92 Å². The summed E-state index contributed by atoms with van der Waals surface area (Å²) in [6.45, 7) is 4.49. The molecule has 0 saturated carbocycles. The van der Waals surface area contributed by atoms with Crippen LogP contribution in [0.3, 0.4) is 0 Å². The van der Waals surface area contributed by atoms with Crippen LogP contribution in [0.2, 0.25) is 0 Å². The van der Waals surface area contributed by atoms with Crippen LogP contribution in [0.4, 0.5) is 0 Å². The van der Waals surface area contributed by atoms with Crippen molar-refractivity contribution >= 4 is 31.9 Å². The SMILES string of the molecule is CCCC(C)CC(N)c1ccc(Br)cc1Br. The van der Waals surface area contributed by atoms with Crippen molar-refractivity contribution in [3.63, 3.8) is 0 Å². The number of benzene rings is 1. The number of nitrogens with two attached hydrogens (primary N) is 1. The van der Waals surface area contributed by atoms with Gasteiger partial charge in [0.25, 0.3) is 0 Å². The molecule has 1 aromatic carbocycles. The van der Waals surface area contributed by atoms with E-state index in [1.54, 1.807) is 0 Å². The summed E-state index contributed by atoms with van der Waals surface area (Å²) in [6.07, 6.45) is 3.53. The number of hydrogen-bond donors (Lipinski definition) is 1. The Morgan fingerprint density at radius 3 is 2.56 bits per heavy atom. The van der Waals surface area contributed by atoms with Gasteiger partial charge < -0.3 is 5.73 Å². The summed E-state index contributed by atoms with van der Waals surface area (Å²) in [5.41, 5.74) is 7.43. The van der Waals surface area contributed by atoms with Gasteiger partial charge in [-0.05, 0) is 30.0 Å². The lowest BCUT2D eigenvalue weighted by molar-refractivity contribution is 0.440. The predicted octanol–water partition coefficient (Wildman–Crippen LogP) is 5.04. The molecule has 0 heterocycles. The second-order valence-corrected chi connectivity index (χ2v) is 6.17. The van der Waals surface area contributed by atoms with Crippen LogP contribution in [0, 0.1) is 5.92 Å². The Kier molecular flexibility index (Phi) is 6.01. The first-order valence-electron chi connectivity index (χ1n) is 5.75. The van der Waals surface area contributed by atoms with Gasteiger partial charge in [0.2, 0.25) is 0 Å². The minimum Gasteiger partial charge on any atom is -0.324 e. The molecule has 0 aliphatic heterocycles. The van der Waals surface area contributed by atoms with E-state index in [1.165, 1.54) is 18.4 Å². The quantitative estimate of drug-likeness (QED) is 0.792. The second-order valence-electron chi connectivity index (χ2n) is 4.40. The second kappa shape index (κ2) is 6.77. The molecule has 0 aliphatic rings. The maximum absolute atomic E-state index is 6.23. The minimum absolute atomic E-state index is 0.129. The van der Waals surface area contributed by atoms with Crippen LogP contribution in [-0.2, 0) is 0 Å². The van der Waals surface area contributed by atoms with Crippen molar-refractivity contribution in [2.45, 2.75) is 39.2 Å². The fourth-order valence-corrected chi connectivity index (χ4v) is 3.31. The van der Waals surface area contributed by atoms with E-state index in [9.17, 15) is 0 Å². The van der Waals surface area contributed by atoms with Crippen molar-refractivity contribution < 1.29 is 0 Å². The molecule has 0 bridgehead atoms. The monoisotopic (exact) mass is 347 g/mol. The molecule has 0 spiro atoms. The van der Waals surface area contributed by atoms with Crippen molar-refractivity contribution in [3.05, 3.63) is 32.7 Å². The highest BCUT2D eigenvalue weighted by atomic mass is 79.9. The van der Waals surface area contributed by atoms with Crippen LogP contribution in [0.15, 0.2) is 27.1 Å². The third-order valence-corrected chi connectivity index (χ3v) is 3.98. The Hall–Kier alpha value is 0.140. The van der Waals surface area contributed by atoms with Crippen LogP contribution in [-0.4, -0.2) is 0 Å². The largest absolute Gasteiger partial charge is 0.324 e. The van der Waals surface area contributed by atoms with Gasteiger partial charge in [-0.2, -0.15) is 0 Å². The summed E-state index contributed by atoms with van der Waals surface area (Å²) in [5, 5.41) is 0. The lowest BCUT2D eigenvalue weighted by Gasteiger charge is -2.18. The fraction of sp³-hybridized carbons (Fsp3) is 0.538. The summed E-state index contributed by atoms with van der Waals surface area (Å²) in [4.78, 5) is 0. The van der Waals surface area contributed by atoms with E-state index < -0.39 is 0 Å². The first kappa shape index (κ1) is 14.2. The van der Waals surface area contributed by atoms with Crippen LogP contribution >= 0.6 is 31.9 Å². The smallest absolute Gasteiger partial charge is 0.0308 e. The van der Waals surface area contributed by atoms with Gasteiger partial charge in [-0.1, -0.05) is 64.6 Å². The highest BCUT2D eigenvalue weighted by Crippen LogP contribution is 2.29. The number of halogens is 2. The first-order chi connectivity index (χ1) is 7.54. The van der Waals surface area contributed by atoms with Gasteiger partial charge in [-0.15, -0.1) is 0 Å². The molecular weight excluding hydrogens is 330 g/mol. The van der Waals surface area contributed by atoms with Crippen molar-refractivity contribution in [1.82, 2.24) is 0 Å². The van der Waals surface area contributed by atoms with Crippen LogP contribution in [0.1, 0.15) is 44.7 Å². The molecule has 2 N–H and O–H groups in total. The van der Waals surface area contributed by atoms with E-state index >= 15 is 0 Å². The minimum atomic E-state index is 0.129. The van der Waals surface area contributed by atoms with Crippen molar-refractivity contribution in [2.24, 2.45) is 11.7 Å².